The van der Waals surface area contributed by atoms with E-state index in [2.05, 4.69) is 26.7 Å². The second kappa shape index (κ2) is 8.45. The van der Waals surface area contributed by atoms with Gasteiger partial charge in [-0.05, 0) is 51.4 Å². The van der Waals surface area contributed by atoms with Gasteiger partial charge in [-0.3, -0.25) is 9.48 Å². The Labute approximate surface area is 138 Å². The van der Waals surface area contributed by atoms with E-state index in [0.717, 1.165) is 26.2 Å². The summed E-state index contributed by atoms with van der Waals surface area (Å²) in [6, 6.07) is 2.05. The number of aromatic nitrogens is 2. The molecular weight excluding hydrogens is 290 g/mol. The summed E-state index contributed by atoms with van der Waals surface area (Å²) in [7, 11) is 0. The second-order valence-electron chi connectivity index (χ2n) is 6.71. The van der Waals surface area contributed by atoms with E-state index < -0.39 is 0 Å². The van der Waals surface area contributed by atoms with E-state index in [1.165, 1.54) is 50.9 Å². The van der Waals surface area contributed by atoms with Gasteiger partial charge in [0, 0.05) is 37.4 Å². The summed E-state index contributed by atoms with van der Waals surface area (Å²) in [5.41, 5.74) is 1.18. The maximum Gasteiger partial charge on any atom is 0.241 e. The summed E-state index contributed by atoms with van der Waals surface area (Å²) in [6.07, 6.45) is 8.11. The van der Waals surface area contributed by atoms with Gasteiger partial charge in [0.1, 0.15) is 6.54 Å². The molecule has 23 heavy (non-hydrogen) atoms. The van der Waals surface area contributed by atoms with E-state index >= 15 is 0 Å². The van der Waals surface area contributed by atoms with E-state index in [9.17, 15) is 4.79 Å². The molecule has 2 aliphatic heterocycles. The van der Waals surface area contributed by atoms with E-state index in [4.69, 9.17) is 0 Å². The van der Waals surface area contributed by atoms with E-state index in [0.29, 0.717) is 12.5 Å². The van der Waals surface area contributed by atoms with Gasteiger partial charge in [-0.25, -0.2) is 0 Å². The lowest BCUT2D eigenvalue weighted by Gasteiger charge is -2.26. The molecule has 0 saturated carbocycles. The van der Waals surface area contributed by atoms with Crippen LogP contribution in [0.2, 0.25) is 0 Å². The van der Waals surface area contributed by atoms with Crippen molar-refractivity contribution in [1.82, 2.24) is 25.3 Å². The number of nitrogens with one attached hydrogen (secondary N) is 2. The first-order valence-electron chi connectivity index (χ1n) is 9.04. The molecule has 2 aliphatic rings. The molecule has 1 atom stereocenters. The number of piperidine rings is 2. The second-order valence-corrected chi connectivity index (χ2v) is 6.71. The van der Waals surface area contributed by atoms with Gasteiger partial charge in [0.15, 0.2) is 0 Å². The van der Waals surface area contributed by atoms with Gasteiger partial charge in [0.25, 0.3) is 0 Å². The molecule has 0 radical (unpaired) electrons. The Hall–Kier alpha value is -1.40. The summed E-state index contributed by atoms with van der Waals surface area (Å²) in [5, 5.41) is 10.8. The highest BCUT2D eigenvalue weighted by atomic mass is 16.2. The van der Waals surface area contributed by atoms with Crippen LogP contribution in [0.5, 0.6) is 0 Å². The highest BCUT2D eigenvalue weighted by Gasteiger charge is 2.20. The maximum absolute atomic E-state index is 12.2. The van der Waals surface area contributed by atoms with Crippen LogP contribution in [0.25, 0.3) is 0 Å². The molecule has 6 heteroatoms. The van der Waals surface area contributed by atoms with Gasteiger partial charge in [-0.1, -0.05) is 6.42 Å². The molecule has 2 saturated heterocycles. The van der Waals surface area contributed by atoms with Crippen molar-refractivity contribution in [1.29, 1.82) is 0 Å². The largest absolute Gasteiger partial charge is 0.353 e. The standard InChI is InChI=1S/C17H29N5O/c23-17(19-9-12-21-10-2-1-3-11-21)14-22-16(6-8-20-22)15-5-4-7-18-13-15/h6,8,15,18H,1-5,7,9-14H2,(H,19,23)/t15-/m0/s1. The van der Waals surface area contributed by atoms with Crippen LogP contribution < -0.4 is 10.6 Å². The zero-order valence-electron chi connectivity index (χ0n) is 14.0. The first kappa shape index (κ1) is 16.5. The lowest BCUT2D eigenvalue weighted by Crippen LogP contribution is -2.39. The Bertz CT molecular complexity index is 489. The van der Waals surface area contributed by atoms with E-state index in [-0.39, 0.29) is 5.91 Å². The average molecular weight is 319 g/mol. The average Bonchev–Trinajstić information content (AvgIpc) is 3.05. The fourth-order valence-electron chi connectivity index (χ4n) is 3.65. The van der Waals surface area contributed by atoms with Crippen molar-refractivity contribution < 1.29 is 4.79 Å². The van der Waals surface area contributed by atoms with E-state index in [1.807, 2.05) is 10.9 Å². The van der Waals surface area contributed by atoms with Crippen LogP contribution >= 0.6 is 0 Å². The maximum atomic E-state index is 12.2. The van der Waals surface area contributed by atoms with Crippen LogP contribution in [0, 0.1) is 0 Å². The van der Waals surface area contributed by atoms with E-state index in [1.54, 1.807) is 0 Å². The number of amides is 1. The Morgan fingerprint density at radius 3 is 2.96 bits per heavy atom. The minimum Gasteiger partial charge on any atom is -0.353 e. The lowest BCUT2D eigenvalue weighted by molar-refractivity contribution is -0.121. The van der Waals surface area contributed by atoms with Gasteiger partial charge in [-0.2, -0.15) is 5.10 Å². The molecule has 1 amide bonds. The monoisotopic (exact) mass is 319 g/mol. The number of carbonyl (C=O) groups excluding carboxylic acids is 1. The third-order valence-corrected chi connectivity index (χ3v) is 4.96. The van der Waals surface area contributed by atoms with Gasteiger partial charge in [-0.15, -0.1) is 0 Å². The van der Waals surface area contributed by atoms with Crippen molar-refractivity contribution in [2.75, 3.05) is 39.3 Å². The Morgan fingerprint density at radius 1 is 1.30 bits per heavy atom. The minimum atomic E-state index is 0.0655. The Balaban J connectivity index is 1.43. The summed E-state index contributed by atoms with van der Waals surface area (Å²) in [4.78, 5) is 14.6. The lowest BCUT2D eigenvalue weighted by atomic mass is 9.96. The number of hydrogen-bond donors (Lipinski definition) is 2. The molecule has 0 aromatic carbocycles. The number of carbonyl (C=O) groups is 1. The molecule has 3 heterocycles. The van der Waals surface area contributed by atoms with Crippen molar-refractivity contribution in [3.8, 4) is 0 Å². The van der Waals surface area contributed by atoms with Crippen LogP contribution in [-0.4, -0.2) is 59.9 Å². The topological polar surface area (TPSA) is 62.2 Å². The van der Waals surface area contributed by atoms with Gasteiger partial charge in [0.05, 0.1) is 0 Å². The predicted molar refractivity (Wildman–Crippen MR) is 90.4 cm³/mol. The zero-order valence-corrected chi connectivity index (χ0v) is 14.0. The molecule has 2 fully saturated rings. The molecule has 0 spiro atoms. The quantitative estimate of drug-likeness (QED) is 0.820. The third kappa shape index (κ3) is 4.78. The van der Waals surface area contributed by atoms with Crippen molar-refractivity contribution in [2.45, 2.75) is 44.6 Å². The van der Waals surface area contributed by atoms with Gasteiger partial charge >= 0.3 is 0 Å². The number of rotatable bonds is 6. The number of nitrogens with zero attached hydrogens (tertiary/aromatic N) is 3. The zero-order chi connectivity index (χ0) is 15.9. The first-order valence-corrected chi connectivity index (χ1v) is 9.04. The number of hydrogen-bond acceptors (Lipinski definition) is 4. The normalized spacial score (nSPS) is 22.9. The molecule has 1 aromatic heterocycles. The summed E-state index contributed by atoms with van der Waals surface area (Å²) in [5.74, 6) is 0.545. The Morgan fingerprint density at radius 2 is 2.17 bits per heavy atom. The number of likely N-dealkylation sites (tertiary alicyclic amines) is 1. The molecule has 1 aromatic rings. The predicted octanol–water partition coefficient (Wildman–Crippen LogP) is 0.952. The van der Waals surface area contributed by atoms with Crippen LogP contribution in [0.1, 0.15) is 43.7 Å². The van der Waals surface area contributed by atoms with Crippen LogP contribution in [0.3, 0.4) is 0 Å². The minimum absolute atomic E-state index is 0.0655. The highest BCUT2D eigenvalue weighted by molar-refractivity contribution is 5.75. The molecular formula is C17H29N5O. The van der Waals surface area contributed by atoms with Crippen LogP contribution in [0.15, 0.2) is 12.3 Å². The first-order chi connectivity index (χ1) is 11.3. The third-order valence-electron chi connectivity index (χ3n) is 4.96. The van der Waals surface area contributed by atoms with Crippen molar-refractivity contribution in [3.63, 3.8) is 0 Å². The molecule has 128 valence electrons. The summed E-state index contributed by atoms with van der Waals surface area (Å²) in [6.45, 7) is 6.47. The van der Waals surface area contributed by atoms with Gasteiger partial charge in [0.2, 0.25) is 5.91 Å². The fraction of sp³-hybridized carbons (Fsp3) is 0.765. The van der Waals surface area contributed by atoms with Crippen molar-refractivity contribution >= 4 is 5.91 Å². The van der Waals surface area contributed by atoms with Crippen molar-refractivity contribution in [3.05, 3.63) is 18.0 Å². The SMILES string of the molecule is O=C(Cn1nccc1[C@H]1CCCNC1)NCCN1CCCCC1. The summed E-state index contributed by atoms with van der Waals surface area (Å²) < 4.78 is 1.87. The molecule has 0 aliphatic carbocycles. The molecule has 0 bridgehead atoms. The van der Waals surface area contributed by atoms with Crippen LogP contribution in [0.4, 0.5) is 0 Å². The molecule has 6 nitrogen and oxygen atoms in total. The molecule has 0 unspecified atom stereocenters. The highest BCUT2D eigenvalue weighted by Crippen LogP contribution is 2.22. The summed E-state index contributed by atoms with van der Waals surface area (Å²) >= 11 is 0. The molecule has 3 rings (SSSR count). The fourth-order valence-corrected chi connectivity index (χ4v) is 3.65. The molecule has 2 N–H and O–H groups in total. The smallest absolute Gasteiger partial charge is 0.241 e. The van der Waals surface area contributed by atoms with Gasteiger partial charge < -0.3 is 15.5 Å². The van der Waals surface area contributed by atoms with Crippen molar-refractivity contribution in [2.24, 2.45) is 0 Å². The Kier molecular flexibility index (Phi) is 6.05. The van der Waals surface area contributed by atoms with Crippen LogP contribution in [-0.2, 0) is 11.3 Å².